The molecule has 11 heteroatoms. The van der Waals surface area contributed by atoms with E-state index in [0.29, 0.717) is 16.6 Å². The smallest absolute Gasteiger partial charge is 0.416 e. The van der Waals surface area contributed by atoms with Crippen molar-refractivity contribution in [1.29, 1.82) is 0 Å². The van der Waals surface area contributed by atoms with E-state index in [9.17, 15) is 23.2 Å². The van der Waals surface area contributed by atoms with Crippen molar-refractivity contribution in [3.8, 4) is 5.75 Å². The summed E-state index contributed by atoms with van der Waals surface area (Å²) in [7, 11) is 1.59. The molecule has 7 nitrogen and oxygen atoms in total. The van der Waals surface area contributed by atoms with Crippen molar-refractivity contribution in [3.63, 3.8) is 0 Å². The van der Waals surface area contributed by atoms with Crippen LogP contribution in [0.2, 0.25) is 0 Å². The highest BCUT2D eigenvalue weighted by Gasteiger charge is 2.32. The van der Waals surface area contributed by atoms with E-state index in [-0.39, 0.29) is 17.6 Å². The number of carbonyl (C=O) groups is 1. The first-order valence-electron chi connectivity index (χ1n) is 10.9. The minimum absolute atomic E-state index is 0.0202. The van der Waals surface area contributed by atoms with E-state index in [4.69, 9.17) is 4.74 Å². The fourth-order valence-electron chi connectivity index (χ4n) is 3.74. The van der Waals surface area contributed by atoms with Gasteiger partial charge in [-0.2, -0.15) is 22.7 Å². The van der Waals surface area contributed by atoms with Gasteiger partial charge in [0.05, 0.1) is 42.2 Å². The molecule has 1 aliphatic heterocycles. The average Bonchev–Trinajstić information content (AvgIpc) is 3.33. The van der Waals surface area contributed by atoms with Gasteiger partial charge < -0.3 is 9.46 Å². The zero-order chi connectivity index (χ0) is 25.9. The maximum Gasteiger partial charge on any atom is 0.416 e. The highest BCUT2D eigenvalue weighted by Crippen LogP contribution is 2.35. The second-order valence-corrected chi connectivity index (χ2v) is 8.73. The molecule has 0 aromatic heterocycles. The summed E-state index contributed by atoms with van der Waals surface area (Å²) in [5.74, 6) is 0.556. The number of hydrogen-bond acceptors (Lipinski definition) is 7. The molecular formula is C25H23F3N4O3S. The number of alkyl halides is 3. The summed E-state index contributed by atoms with van der Waals surface area (Å²) in [5, 5.41) is 16.2. The van der Waals surface area contributed by atoms with Gasteiger partial charge in [0.2, 0.25) is 5.91 Å². The molecule has 1 unspecified atom stereocenters. The van der Waals surface area contributed by atoms with Crippen molar-refractivity contribution >= 4 is 35.1 Å². The molecule has 1 atom stereocenters. The van der Waals surface area contributed by atoms with E-state index in [1.807, 2.05) is 36.4 Å². The Morgan fingerprint density at radius 2 is 1.83 bits per heavy atom. The Kier molecular flexibility index (Phi) is 7.41. The number of hydrazone groups is 1. The molecule has 3 aromatic rings. The number of nitrogens with one attached hydrogen (secondary N) is 1. The van der Waals surface area contributed by atoms with Crippen molar-refractivity contribution in [2.45, 2.75) is 25.6 Å². The number of hydrogen-bond donors (Lipinski definition) is 2. The van der Waals surface area contributed by atoms with Crippen LogP contribution in [0.4, 0.5) is 24.5 Å². The second kappa shape index (κ2) is 10.5. The molecule has 0 fully saturated rings. The van der Waals surface area contributed by atoms with Gasteiger partial charge in [0.25, 0.3) is 0 Å². The van der Waals surface area contributed by atoms with Gasteiger partial charge in [-0.05, 0) is 53.6 Å². The van der Waals surface area contributed by atoms with E-state index in [0.717, 1.165) is 46.9 Å². The lowest BCUT2D eigenvalue weighted by Gasteiger charge is -2.20. The van der Waals surface area contributed by atoms with Gasteiger partial charge in [-0.15, -0.1) is 0 Å². The lowest BCUT2D eigenvalue weighted by molar-refractivity contribution is -0.137. The maximum atomic E-state index is 12.9. The molecule has 36 heavy (non-hydrogen) atoms. The van der Waals surface area contributed by atoms with E-state index in [1.165, 1.54) is 24.1 Å². The largest absolute Gasteiger partial charge is 0.497 e. The number of ether oxygens (including phenoxy) is 1. The van der Waals surface area contributed by atoms with Crippen LogP contribution in [0.25, 0.3) is 0 Å². The van der Waals surface area contributed by atoms with Crippen molar-refractivity contribution in [2.75, 3.05) is 16.3 Å². The number of halogens is 3. The van der Waals surface area contributed by atoms with E-state index >= 15 is 0 Å². The molecular weight excluding hydrogens is 493 g/mol. The van der Waals surface area contributed by atoms with Crippen LogP contribution in [0.15, 0.2) is 77.9 Å². The van der Waals surface area contributed by atoms with Crippen molar-refractivity contribution < 1.29 is 27.9 Å². The topological polar surface area (TPSA) is 77.4 Å². The predicted molar refractivity (Wildman–Crippen MR) is 133 cm³/mol. The van der Waals surface area contributed by atoms with Crippen molar-refractivity contribution in [1.82, 2.24) is 5.01 Å². The van der Waals surface area contributed by atoms with Crippen LogP contribution in [-0.4, -0.2) is 28.9 Å². The molecule has 1 amide bonds. The number of anilines is 2. The summed E-state index contributed by atoms with van der Waals surface area (Å²) in [6, 6.07) is 18.8. The zero-order valence-corrected chi connectivity index (χ0v) is 20.2. The number of carbonyl (C=O) groups excluding carboxylic acids is 1. The minimum Gasteiger partial charge on any atom is -0.497 e. The molecule has 4 rings (SSSR count). The Labute approximate surface area is 210 Å². The summed E-state index contributed by atoms with van der Waals surface area (Å²) >= 11 is 0.723. The summed E-state index contributed by atoms with van der Waals surface area (Å²) < 4.78 is 47.4. The molecule has 1 aliphatic rings. The summed E-state index contributed by atoms with van der Waals surface area (Å²) in [4.78, 5) is 12.2. The van der Waals surface area contributed by atoms with Gasteiger partial charge in [-0.3, -0.25) is 10.0 Å². The fourth-order valence-corrected chi connectivity index (χ4v) is 4.29. The van der Waals surface area contributed by atoms with Crippen LogP contribution in [0.1, 0.15) is 36.1 Å². The van der Waals surface area contributed by atoms with Gasteiger partial charge in [-0.1, -0.05) is 30.3 Å². The first kappa shape index (κ1) is 25.4. The summed E-state index contributed by atoms with van der Waals surface area (Å²) in [6.07, 6.45) is -3.97. The van der Waals surface area contributed by atoms with Crippen molar-refractivity contribution in [3.05, 3.63) is 89.5 Å². The van der Waals surface area contributed by atoms with E-state index in [1.54, 1.807) is 19.2 Å². The average molecular weight is 517 g/mol. The van der Waals surface area contributed by atoms with Crippen LogP contribution in [-0.2, 0) is 11.0 Å². The van der Waals surface area contributed by atoms with Crippen LogP contribution in [0.5, 0.6) is 5.75 Å². The lowest BCUT2D eigenvalue weighted by Crippen LogP contribution is -2.24. The van der Waals surface area contributed by atoms with Crippen LogP contribution in [0.3, 0.4) is 0 Å². The van der Waals surface area contributed by atoms with Gasteiger partial charge in [0.15, 0.2) is 0 Å². The number of nitrogens with zero attached hydrogens (tertiary/aromatic N) is 3. The minimum atomic E-state index is -4.50. The maximum absolute atomic E-state index is 12.9. The highest BCUT2D eigenvalue weighted by molar-refractivity contribution is 8.01. The van der Waals surface area contributed by atoms with Gasteiger partial charge >= 0.3 is 6.18 Å². The Morgan fingerprint density at radius 1 is 1.14 bits per heavy atom. The number of methoxy groups -OCH3 is 1. The normalized spacial score (nSPS) is 15.4. The lowest BCUT2D eigenvalue weighted by atomic mass is 9.98. The Hall–Kier alpha value is -3.70. The molecule has 188 valence electrons. The summed E-state index contributed by atoms with van der Waals surface area (Å²) in [5.41, 5.74) is 2.26. The van der Waals surface area contributed by atoms with Crippen molar-refractivity contribution in [2.24, 2.45) is 5.10 Å². The van der Waals surface area contributed by atoms with E-state index < -0.39 is 11.7 Å². The molecule has 0 aliphatic carbocycles. The highest BCUT2D eigenvalue weighted by atomic mass is 32.2. The number of amides is 1. The quantitative estimate of drug-likeness (QED) is 0.284. The number of benzene rings is 3. The number of rotatable bonds is 7. The third kappa shape index (κ3) is 5.74. The monoisotopic (exact) mass is 516 g/mol. The Morgan fingerprint density at radius 3 is 2.44 bits per heavy atom. The zero-order valence-electron chi connectivity index (χ0n) is 19.4. The van der Waals surface area contributed by atoms with E-state index in [2.05, 4.69) is 9.82 Å². The fraction of sp³-hybridized carbons (Fsp3) is 0.200. The van der Waals surface area contributed by atoms with Gasteiger partial charge in [0, 0.05) is 19.0 Å². The first-order valence-corrected chi connectivity index (χ1v) is 11.6. The van der Waals surface area contributed by atoms with Crippen LogP contribution >= 0.6 is 12.1 Å². The molecule has 0 saturated carbocycles. The predicted octanol–water partition coefficient (Wildman–Crippen LogP) is 6.28. The van der Waals surface area contributed by atoms with Crippen LogP contribution < -0.4 is 13.9 Å². The third-order valence-electron chi connectivity index (χ3n) is 5.60. The molecule has 0 radical (unpaired) electrons. The Bertz CT molecular complexity index is 1250. The van der Waals surface area contributed by atoms with Gasteiger partial charge in [-0.25, -0.2) is 5.01 Å². The SMILES string of the molecule is COc1ccc(C2CC(c3ccc(NSN(O)c4cccc(C(F)(F)F)c4)cc3)=NN2C(C)=O)cc1. The van der Waals surface area contributed by atoms with Crippen LogP contribution in [0, 0.1) is 0 Å². The third-order valence-corrected chi connectivity index (χ3v) is 6.31. The standard InChI is InChI=1S/C25H23F3N4O3S/c1-16(33)31-24(18-8-12-22(35-2)13-9-18)15-23(29-31)17-6-10-20(11-7-17)30-36-32(34)21-5-3-4-19(14-21)25(26,27)28/h3-14,24,30,34H,15H2,1-2H3. The molecule has 0 spiro atoms. The first-order chi connectivity index (χ1) is 17.2. The molecule has 3 aromatic carbocycles. The van der Waals surface area contributed by atoms with Gasteiger partial charge in [0.1, 0.15) is 5.75 Å². The molecule has 1 heterocycles. The summed E-state index contributed by atoms with van der Waals surface area (Å²) in [6.45, 7) is 1.47. The molecule has 0 bridgehead atoms. The molecule has 0 saturated heterocycles. The Balaban J connectivity index is 1.42. The molecule has 2 N–H and O–H groups in total. The second-order valence-electron chi connectivity index (χ2n) is 8.00.